The third-order valence-corrected chi connectivity index (χ3v) is 2.59. The summed E-state index contributed by atoms with van der Waals surface area (Å²) in [6.45, 7) is 10.4. The Balaban J connectivity index is 2.70. The SMILES string of the molecule is C=C(C)N1CSC=C1C(C)C. The molecule has 0 aromatic heterocycles. The maximum Gasteiger partial charge on any atom is 0.0723 e. The van der Waals surface area contributed by atoms with Gasteiger partial charge in [0.1, 0.15) is 0 Å². The summed E-state index contributed by atoms with van der Waals surface area (Å²) in [5.74, 6) is 1.66. The van der Waals surface area contributed by atoms with E-state index in [2.05, 4.69) is 37.7 Å². The van der Waals surface area contributed by atoms with Gasteiger partial charge in [0.05, 0.1) is 5.88 Å². The molecular formula is C9H15NS. The Morgan fingerprint density at radius 1 is 1.73 bits per heavy atom. The van der Waals surface area contributed by atoms with Crippen LogP contribution in [-0.4, -0.2) is 10.8 Å². The summed E-state index contributed by atoms with van der Waals surface area (Å²) in [6.07, 6.45) is 0. The van der Waals surface area contributed by atoms with Crippen molar-refractivity contribution >= 4 is 11.8 Å². The van der Waals surface area contributed by atoms with Crippen LogP contribution in [0.25, 0.3) is 0 Å². The van der Waals surface area contributed by atoms with Crippen molar-refractivity contribution in [1.29, 1.82) is 0 Å². The maximum atomic E-state index is 3.94. The molecule has 2 heteroatoms. The van der Waals surface area contributed by atoms with Gasteiger partial charge in [-0.25, -0.2) is 0 Å². The van der Waals surface area contributed by atoms with E-state index in [4.69, 9.17) is 0 Å². The van der Waals surface area contributed by atoms with Crippen LogP contribution in [0.2, 0.25) is 0 Å². The van der Waals surface area contributed by atoms with Crippen molar-refractivity contribution in [2.75, 3.05) is 5.88 Å². The summed E-state index contributed by atoms with van der Waals surface area (Å²) in [4.78, 5) is 2.27. The van der Waals surface area contributed by atoms with E-state index in [0.29, 0.717) is 5.92 Å². The zero-order valence-corrected chi connectivity index (χ0v) is 8.24. The van der Waals surface area contributed by atoms with E-state index in [1.165, 1.54) is 5.70 Å². The monoisotopic (exact) mass is 169 g/mol. The van der Waals surface area contributed by atoms with Crippen LogP contribution in [0, 0.1) is 5.92 Å². The zero-order chi connectivity index (χ0) is 8.43. The Kier molecular flexibility index (Phi) is 2.66. The van der Waals surface area contributed by atoms with Gasteiger partial charge < -0.3 is 4.90 Å². The van der Waals surface area contributed by atoms with Crippen LogP contribution in [0.3, 0.4) is 0 Å². The van der Waals surface area contributed by atoms with E-state index >= 15 is 0 Å². The van der Waals surface area contributed by atoms with E-state index in [9.17, 15) is 0 Å². The molecule has 1 aliphatic heterocycles. The quantitative estimate of drug-likeness (QED) is 0.625. The molecule has 0 N–H and O–H groups in total. The van der Waals surface area contributed by atoms with Gasteiger partial charge in [0, 0.05) is 11.4 Å². The van der Waals surface area contributed by atoms with Crippen LogP contribution >= 0.6 is 11.8 Å². The predicted octanol–water partition coefficient (Wildman–Crippen LogP) is 3.02. The molecule has 0 radical (unpaired) electrons. The number of thioether (sulfide) groups is 1. The van der Waals surface area contributed by atoms with E-state index < -0.39 is 0 Å². The van der Waals surface area contributed by atoms with Crippen LogP contribution in [0.4, 0.5) is 0 Å². The maximum absolute atomic E-state index is 3.94. The first kappa shape index (κ1) is 8.72. The third-order valence-electron chi connectivity index (χ3n) is 1.77. The second kappa shape index (κ2) is 3.35. The molecule has 0 aromatic carbocycles. The normalized spacial score (nSPS) is 17.5. The summed E-state index contributed by atoms with van der Waals surface area (Å²) in [7, 11) is 0. The number of allylic oxidation sites excluding steroid dienone is 2. The summed E-state index contributed by atoms with van der Waals surface area (Å²) in [6, 6.07) is 0. The van der Waals surface area contributed by atoms with Crippen molar-refractivity contribution in [3.63, 3.8) is 0 Å². The van der Waals surface area contributed by atoms with Crippen LogP contribution in [-0.2, 0) is 0 Å². The molecule has 0 aromatic rings. The third kappa shape index (κ3) is 1.80. The molecule has 11 heavy (non-hydrogen) atoms. The summed E-state index contributed by atoms with van der Waals surface area (Å²) in [5.41, 5.74) is 2.55. The minimum atomic E-state index is 0.613. The van der Waals surface area contributed by atoms with Gasteiger partial charge in [-0.05, 0) is 18.2 Å². The molecule has 1 heterocycles. The molecule has 1 aliphatic rings. The number of hydrogen-bond acceptors (Lipinski definition) is 2. The number of rotatable bonds is 2. The Hall–Kier alpha value is -0.370. The van der Waals surface area contributed by atoms with Gasteiger partial charge in [0.2, 0.25) is 0 Å². The fourth-order valence-electron chi connectivity index (χ4n) is 1.11. The highest BCUT2D eigenvalue weighted by molar-refractivity contribution is 8.02. The summed E-state index contributed by atoms with van der Waals surface area (Å²) >= 11 is 1.85. The molecule has 0 atom stereocenters. The van der Waals surface area contributed by atoms with E-state index in [-0.39, 0.29) is 0 Å². The number of hydrogen-bond donors (Lipinski definition) is 0. The van der Waals surface area contributed by atoms with Crippen molar-refractivity contribution in [2.24, 2.45) is 5.92 Å². The molecule has 0 fully saturated rings. The van der Waals surface area contributed by atoms with Gasteiger partial charge >= 0.3 is 0 Å². The molecule has 0 amide bonds. The minimum Gasteiger partial charge on any atom is -0.339 e. The molecule has 1 rings (SSSR count). The smallest absolute Gasteiger partial charge is 0.0723 e. The zero-order valence-electron chi connectivity index (χ0n) is 7.42. The van der Waals surface area contributed by atoms with Crippen LogP contribution < -0.4 is 0 Å². The minimum absolute atomic E-state index is 0.613. The lowest BCUT2D eigenvalue weighted by Gasteiger charge is -2.23. The van der Waals surface area contributed by atoms with Crippen molar-refractivity contribution in [3.8, 4) is 0 Å². The van der Waals surface area contributed by atoms with E-state index in [1.54, 1.807) is 0 Å². The van der Waals surface area contributed by atoms with Crippen molar-refractivity contribution in [1.82, 2.24) is 4.90 Å². The fraction of sp³-hybridized carbons (Fsp3) is 0.556. The first-order chi connectivity index (χ1) is 5.13. The van der Waals surface area contributed by atoms with Gasteiger partial charge in [-0.2, -0.15) is 0 Å². The molecule has 0 aliphatic carbocycles. The summed E-state index contributed by atoms with van der Waals surface area (Å²) < 4.78 is 0. The predicted molar refractivity (Wildman–Crippen MR) is 52.0 cm³/mol. The standard InChI is InChI=1S/C9H15NS/c1-7(2)9-5-11-6-10(9)8(3)4/h5,7H,3,6H2,1-2,4H3. The highest BCUT2D eigenvalue weighted by Crippen LogP contribution is 2.30. The van der Waals surface area contributed by atoms with Crippen LogP contribution in [0.1, 0.15) is 20.8 Å². The molecule has 0 unspecified atom stereocenters. The average molecular weight is 169 g/mol. The van der Waals surface area contributed by atoms with E-state index in [1.807, 2.05) is 11.8 Å². The second-order valence-corrected chi connectivity index (χ2v) is 3.98. The average Bonchev–Trinajstić information content (AvgIpc) is 2.32. The lowest BCUT2D eigenvalue weighted by atomic mass is 10.1. The van der Waals surface area contributed by atoms with Gasteiger partial charge in [0.15, 0.2) is 0 Å². The lowest BCUT2D eigenvalue weighted by molar-refractivity contribution is 0.451. The summed E-state index contributed by atoms with van der Waals surface area (Å²) in [5, 5.41) is 2.24. The largest absolute Gasteiger partial charge is 0.339 e. The van der Waals surface area contributed by atoms with Gasteiger partial charge in [-0.1, -0.05) is 20.4 Å². The van der Waals surface area contributed by atoms with Crippen LogP contribution in [0.15, 0.2) is 23.4 Å². The Morgan fingerprint density at radius 3 is 2.73 bits per heavy atom. The van der Waals surface area contributed by atoms with Crippen molar-refractivity contribution in [3.05, 3.63) is 23.4 Å². The molecule has 0 bridgehead atoms. The van der Waals surface area contributed by atoms with Crippen molar-refractivity contribution in [2.45, 2.75) is 20.8 Å². The Morgan fingerprint density at radius 2 is 2.36 bits per heavy atom. The van der Waals surface area contributed by atoms with Crippen LogP contribution in [0.5, 0.6) is 0 Å². The fourth-order valence-corrected chi connectivity index (χ4v) is 2.28. The second-order valence-electron chi connectivity index (χ2n) is 3.16. The molecular weight excluding hydrogens is 154 g/mol. The molecule has 62 valence electrons. The lowest BCUT2D eigenvalue weighted by Crippen LogP contribution is -2.18. The van der Waals surface area contributed by atoms with E-state index in [0.717, 1.165) is 11.6 Å². The molecule has 1 nitrogen and oxygen atoms in total. The molecule has 0 saturated carbocycles. The van der Waals surface area contributed by atoms with Gasteiger partial charge in [-0.15, -0.1) is 11.8 Å². The molecule has 0 saturated heterocycles. The highest BCUT2D eigenvalue weighted by atomic mass is 32.2. The first-order valence-electron chi connectivity index (χ1n) is 3.87. The first-order valence-corrected chi connectivity index (χ1v) is 4.92. The van der Waals surface area contributed by atoms with Gasteiger partial charge in [-0.3, -0.25) is 0 Å². The topological polar surface area (TPSA) is 3.24 Å². The van der Waals surface area contributed by atoms with Crippen molar-refractivity contribution < 1.29 is 0 Å². The molecule has 0 spiro atoms. The number of nitrogens with zero attached hydrogens (tertiary/aromatic N) is 1. The Labute approximate surface area is 73.2 Å². The Bertz CT molecular complexity index is 194. The van der Waals surface area contributed by atoms with Gasteiger partial charge in [0.25, 0.3) is 0 Å². The highest BCUT2D eigenvalue weighted by Gasteiger charge is 2.17.